The summed E-state index contributed by atoms with van der Waals surface area (Å²) >= 11 is 0. The maximum absolute atomic E-state index is 12.3. The first kappa shape index (κ1) is 25.0. The number of hydrogen-bond acceptors (Lipinski definition) is 1. The fourth-order valence-corrected chi connectivity index (χ4v) is 5.49. The van der Waals surface area contributed by atoms with Crippen LogP contribution in [0.25, 0.3) is 0 Å². The summed E-state index contributed by atoms with van der Waals surface area (Å²) in [5.74, 6) is 0. The van der Waals surface area contributed by atoms with Crippen molar-refractivity contribution in [3.8, 4) is 0 Å². The predicted molar refractivity (Wildman–Crippen MR) is 105 cm³/mol. The highest BCUT2D eigenvalue weighted by molar-refractivity contribution is 6.77. The standard InChI is InChI=1S/C20H41F3OSi/c1-4-16-24-17-13-11-9-7-5-6-8-10-12-14-18-25(2,3)19-15-20(21,22)23/h4-19H2,1-3H3. The molecule has 0 amide bonds. The van der Waals surface area contributed by atoms with Gasteiger partial charge in [-0.25, -0.2) is 0 Å². The minimum absolute atomic E-state index is 0.389. The Bertz CT molecular complexity index is 293. The summed E-state index contributed by atoms with van der Waals surface area (Å²) in [5, 5.41) is 0. The van der Waals surface area contributed by atoms with Crippen molar-refractivity contribution in [2.24, 2.45) is 0 Å². The van der Waals surface area contributed by atoms with E-state index in [1.807, 2.05) is 0 Å². The Morgan fingerprint density at radius 2 is 1.16 bits per heavy atom. The molecule has 0 bridgehead atoms. The van der Waals surface area contributed by atoms with Crippen LogP contribution in [0.15, 0.2) is 0 Å². The van der Waals surface area contributed by atoms with Gasteiger partial charge in [0.15, 0.2) is 0 Å². The van der Waals surface area contributed by atoms with Crippen LogP contribution >= 0.6 is 0 Å². The Hall–Kier alpha value is -0.0331. The van der Waals surface area contributed by atoms with Gasteiger partial charge in [0, 0.05) is 27.7 Å². The number of hydrogen-bond donors (Lipinski definition) is 0. The van der Waals surface area contributed by atoms with Crippen LogP contribution in [0.4, 0.5) is 13.2 Å². The monoisotopic (exact) mass is 382 g/mol. The van der Waals surface area contributed by atoms with Crippen molar-refractivity contribution >= 4 is 8.07 Å². The van der Waals surface area contributed by atoms with Crippen molar-refractivity contribution in [1.82, 2.24) is 0 Å². The molecule has 0 heterocycles. The lowest BCUT2D eigenvalue weighted by Crippen LogP contribution is -2.27. The minimum atomic E-state index is -3.98. The maximum Gasteiger partial charge on any atom is 0.388 e. The Morgan fingerprint density at radius 3 is 1.64 bits per heavy atom. The summed E-state index contributed by atoms with van der Waals surface area (Å²) in [6.07, 6.45) is 9.11. The SMILES string of the molecule is CCCOCCCCCCCCCCCC[Si](C)(C)CCC(F)(F)F. The first-order valence-corrected chi connectivity index (χ1v) is 13.8. The molecule has 0 unspecified atom stereocenters. The van der Waals surface area contributed by atoms with Gasteiger partial charge >= 0.3 is 6.18 Å². The molecule has 0 rings (SSSR count). The van der Waals surface area contributed by atoms with E-state index in [-0.39, 0.29) is 0 Å². The van der Waals surface area contributed by atoms with Crippen LogP contribution in [0.3, 0.4) is 0 Å². The molecule has 0 aromatic rings. The van der Waals surface area contributed by atoms with Crippen molar-refractivity contribution < 1.29 is 17.9 Å². The number of alkyl halides is 3. The number of unbranched alkanes of at least 4 members (excludes halogenated alkanes) is 9. The molecule has 0 atom stereocenters. The van der Waals surface area contributed by atoms with Crippen LogP contribution in [0, 0.1) is 0 Å². The van der Waals surface area contributed by atoms with E-state index in [1.54, 1.807) is 0 Å². The third-order valence-corrected chi connectivity index (χ3v) is 8.14. The molecule has 0 aliphatic carbocycles. The summed E-state index contributed by atoms with van der Waals surface area (Å²) in [6.45, 7) is 8.15. The lowest BCUT2D eigenvalue weighted by atomic mass is 10.1. The molecular formula is C20H41F3OSi. The highest BCUT2D eigenvalue weighted by Crippen LogP contribution is 2.29. The molecule has 25 heavy (non-hydrogen) atoms. The summed E-state index contributed by atoms with van der Waals surface area (Å²) in [7, 11) is -1.65. The van der Waals surface area contributed by atoms with E-state index >= 15 is 0 Å². The highest BCUT2D eigenvalue weighted by Gasteiger charge is 2.31. The van der Waals surface area contributed by atoms with Crippen LogP contribution in [-0.2, 0) is 4.74 Å². The van der Waals surface area contributed by atoms with Crippen molar-refractivity contribution in [3.05, 3.63) is 0 Å². The Kier molecular flexibility index (Phi) is 15.0. The number of halogens is 3. The van der Waals surface area contributed by atoms with Crippen LogP contribution < -0.4 is 0 Å². The van der Waals surface area contributed by atoms with Crippen LogP contribution in [-0.4, -0.2) is 27.5 Å². The quantitative estimate of drug-likeness (QED) is 0.183. The lowest BCUT2D eigenvalue weighted by Gasteiger charge is -2.23. The van der Waals surface area contributed by atoms with E-state index in [0.29, 0.717) is 6.04 Å². The lowest BCUT2D eigenvalue weighted by molar-refractivity contribution is -0.130. The van der Waals surface area contributed by atoms with Gasteiger partial charge in [-0.05, 0) is 18.9 Å². The Morgan fingerprint density at radius 1 is 0.680 bits per heavy atom. The molecule has 0 aromatic heterocycles. The molecule has 0 saturated heterocycles. The van der Waals surface area contributed by atoms with E-state index in [9.17, 15) is 13.2 Å². The zero-order chi connectivity index (χ0) is 19.0. The molecule has 0 fully saturated rings. The molecule has 0 spiro atoms. The Balaban J connectivity index is 3.30. The van der Waals surface area contributed by atoms with Gasteiger partial charge in [0.25, 0.3) is 0 Å². The molecular weight excluding hydrogens is 341 g/mol. The van der Waals surface area contributed by atoms with E-state index in [2.05, 4.69) is 20.0 Å². The summed E-state index contributed by atoms with van der Waals surface area (Å²) < 4.78 is 42.4. The van der Waals surface area contributed by atoms with Gasteiger partial charge in [-0.1, -0.05) is 83.8 Å². The molecule has 0 aliphatic heterocycles. The minimum Gasteiger partial charge on any atom is -0.381 e. The average Bonchev–Trinajstić information content (AvgIpc) is 2.53. The third kappa shape index (κ3) is 20.1. The third-order valence-electron chi connectivity index (χ3n) is 4.83. The number of ether oxygens (including phenoxy) is 1. The second-order valence-corrected chi connectivity index (χ2v) is 13.5. The first-order valence-electron chi connectivity index (χ1n) is 10.4. The van der Waals surface area contributed by atoms with Crippen molar-refractivity contribution in [2.75, 3.05) is 13.2 Å². The summed E-state index contributed by atoms with van der Waals surface area (Å²) in [5.41, 5.74) is 0. The fraction of sp³-hybridized carbons (Fsp3) is 1.00. The maximum atomic E-state index is 12.3. The van der Waals surface area contributed by atoms with Gasteiger partial charge in [0.1, 0.15) is 0 Å². The molecule has 0 N–H and O–H groups in total. The molecule has 0 aliphatic rings. The smallest absolute Gasteiger partial charge is 0.381 e. The predicted octanol–water partition coefficient (Wildman–Crippen LogP) is 7.97. The fourth-order valence-electron chi connectivity index (χ4n) is 3.07. The topological polar surface area (TPSA) is 9.23 Å². The second-order valence-electron chi connectivity index (χ2n) is 8.18. The molecule has 0 saturated carbocycles. The summed E-state index contributed by atoms with van der Waals surface area (Å²) in [6, 6.07) is 1.43. The van der Waals surface area contributed by atoms with E-state index < -0.39 is 20.7 Å². The van der Waals surface area contributed by atoms with Crippen molar-refractivity contribution in [2.45, 2.75) is 115 Å². The number of rotatable bonds is 17. The normalized spacial score (nSPS) is 12.7. The van der Waals surface area contributed by atoms with Crippen LogP contribution in [0.1, 0.15) is 84.0 Å². The largest absolute Gasteiger partial charge is 0.388 e. The molecule has 1 nitrogen and oxygen atoms in total. The second kappa shape index (κ2) is 15.1. The molecule has 0 radical (unpaired) electrons. The van der Waals surface area contributed by atoms with E-state index in [1.165, 1.54) is 57.8 Å². The molecule has 0 aromatic carbocycles. The van der Waals surface area contributed by atoms with Crippen molar-refractivity contribution in [3.63, 3.8) is 0 Å². The zero-order valence-corrected chi connectivity index (χ0v) is 17.9. The van der Waals surface area contributed by atoms with Gasteiger partial charge in [-0.15, -0.1) is 0 Å². The van der Waals surface area contributed by atoms with Crippen LogP contribution in [0.5, 0.6) is 0 Å². The van der Waals surface area contributed by atoms with Crippen LogP contribution in [0.2, 0.25) is 25.2 Å². The van der Waals surface area contributed by atoms with Gasteiger partial charge in [-0.3, -0.25) is 0 Å². The first-order chi connectivity index (χ1) is 11.8. The summed E-state index contributed by atoms with van der Waals surface area (Å²) in [4.78, 5) is 0. The van der Waals surface area contributed by atoms with Gasteiger partial charge in [-0.2, -0.15) is 13.2 Å². The van der Waals surface area contributed by atoms with Gasteiger partial charge in [0.2, 0.25) is 0 Å². The van der Waals surface area contributed by atoms with Crippen molar-refractivity contribution in [1.29, 1.82) is 0 Å². The Labute approximate surface area is 155 Å². The zero-order valence-electron chi connectivity index (χ0n) is 16.9. The van der Waals surface area contributed by atoms with E-state index in [0.717, 1.165) is 32.1 Å². The van der Waals surface area contributed by atoms with E-state index in [4.69, 9.17) is 4.74 Å². The van der Waals surface area contributed by atoms with Gasteiger partial charge in [0.05, 0.1) is 0 Å². The highest BCUT2D eigenvalue weighted by atomic mass is 28.3. The molecule has 5 heteroatoms. The van der Waals surface area contributed by atoms with Gasteiger partial charge < -0.3 is 4.74 Å². The molecule has 152 valence electrons. The average molecular weight is 383 g/mol.